The number of benzene rings is 2. The fourth-order valence-corrected chi connectivity index (χ4v) is 3.42. The third-order valence-corrected chi connectivity index (χ3v) is 4.83. The van der Waals surface area contributed by atoms with Gasteiger partial charge >= 0.3 is 12.4 Å². The molecule has 1 aliphatic heterocycles. The van der Waals surface area contributed by atoms with Crippen LogP contribution in [0, 0.1) is 0 Å². The zero-order chi connectivity index (χ0) is 23.1. The molecule has 0 radical (unpaired) electrons. The van der Waals surface area contributed by atoms with Crippen molar-refractivity contribution in [1.29, 1.82) is 0 Å². The summed E-state index contributed by atoms with van der Waals surface area (Å²) in [6.07, 6.45) is -12.9. The van der Waals surface area contributed by atoms with Crippen LogP contribution in [0.1, 0.15) is 27.0 Å². The molecule has 5 N–H and O–H groups in total. The highest BCUT2D eigenvalue weighted by molar-refractivity contribution is 9.10. The molecule has 31 heavy (non-hydrogen) atoms. The quantitative estimate of drug-likeness (QED) is 0.401. The van der Waals surface area contributed by atoms with Gasteiger partial charge < -0.3 is 26.2 Å². The molecule has 0 aliphatic carbocycles. The average Bonchev–Trinajstić information content (AvgIpc) is 2.65. The van der Waals surface area contributed by atoms with Gasteiger partial charge in [0.2, 0.25) is 0 Å². The molecule has 3 rings (SSSR count). The van der Waals surface area contributed by atoms with E-state index in [4.69, 9.17) is 0 Å². The number of alkyl halides is 6. The van der Waals surface area contributed by atoms with Gasteiger partial charge in [-0.25, -0.2) is 0 Å². The topological polar surface area (TPSA) is 93.6 Å². The zero-order valence-corrected chi connectivity index (χ0v) is 16.8. The Balaban J connectivity index is 1.88. The molecule has 1 aliphatic rings. The van der Waals surface area contributed by atoms with Crippen molar-refractivity contribution in [3.05, 3.63) is 57.1 Å². The molecule has 168 valence electrons. The number of aliphatic hydroxyl groups is 2. The highest BCUT2D eigenvalue weighted by atomic mass is 79.9. The zero-order valence-electron chi connectivity index (χ0n) is 15.2. The normalized spacial score (nSPS) is 18.6. The van der Waals surface area contributed by atoms with E-state index in [9.17, 15) is 41.4 Å². The predicted octanol–water partition coefficient (Wildman–Crippen LogP) is 3.89. The summed E-state index contributed by atoms with van der Waals surface area (Å²) >= 11 is 3.22. The molecule has 0 saturated carbocycles. The van der Waals surface area contributed by atoms with E-state index in [1.54, 1.807) is 6.07 Å². The van der Waals surface area contributed by atoms with Crippen molar-refractivity contribution in [2.45, 2.75) is 31.4 Å². The number of fused-ring (bicyclic) bond motifs is 1. The number of carbonyl (C=O) groups excluding carboxylic acids is 1. The van der Waals surface area contributed by atoms with Crippen LogP contribution in [0.25, 0.3) is 0 Å². The molecule has 2 aromatic rings. The monoisotopic (exact) mass is 513 g/mol. The van der Waals surface area contributed by atoms with Crippen LogP contribution in [0.4, 0.5) is 37.7 Å². The number of nitrogens with one attached hydrogen (secondary N) is 3. The summed E-state index contributed by atoms with van der Waals surface area (Å²) in [6.45, 7) is -0.296. The average molecular weight is 514 g/mol. The number of aliphatic hydroxyl groups excluding tert-OH is 2. The van der Waals surface area contributed by atoms with Gasteiger partial charge in [-0.2, -0.15) is 26.3 Å². The summed E-state index contributed by atoms with van der Waals surface area (Å²) in [5, 5.41) is 26.9. The van der Waals surface area contributed by atoms with Gasteiger partial charge in [-0.3, -0.25) is 4.79 Å². The Bertz CT molecular complexity index is 980. The van der Waals surface area contributed by atoms with Gasteiger partial charge in [0.25, 0.3) is 5.91 Å². The smallest absolute Gasteiger partial charge is 0.369 e. The van der Waals surface area contributed by atoms with Crippen molar-refractivity contribution in [2.24, 2.45) is 0 Å². The van der Waals surface area contributed by atoms with Crippen LogP contribution in [-0.2, 0) is 18.9 Å². The Labute approximate surface area is 179 Å². The molecule has 2 atom stereocenters. The van der Waals surface area contributed by atoms with Crippen molar-refractivity contribution >= 4 is 33.2 Å². The molecule has 2 aromatic carbocycles. The molecule has 1 amide bonds. The SMILES string of the molecule is O=C(NCc1cc(Br)cc2c1NC(O)C(O)N2)c1cc(C(F)(F)F)cc(C(F)(F)F)c1. The minimum absolute atomic E-state index is 0.0657. The Morgan fingerprint density at radius 1 is 0.935 bits per heavy atom. The molecule has 0 aromatic heterocycles. The number of carbonyl (C=O) groups is 1. The van der Waals surface area contributed by atoms with Gasteiger partial charge in [-0.05, 0) is 35.9 Å². The molecule has 0 fully saturated rings. The largest absolute Gasteiger partial charge is 0.416 e. The molecule has 0 bridgehead atoms. The van der Waals surface area contributed by atoms with Gasteiger partial charge in [0.05, 0.1) is 22.5 Å². The number of amides is 1. The third-order valence-electron chi connectivity index (χ3n) is 4.37. The van der Waals surface area contributed by atoms with Crippen molar-refractivity contribution in [3.8, 4) is 0 Å². The number of halogens is 7. The Morgan fingerprint density at radius 3 is 2.03 bits per heavy atom. The molecule has 2 unspecified atom stereocenters. The van der Waals surface area contributed by atoms with Crippen molar-refractivity contribution in [1.82, 2.24) is 5.32 Å². The molecule has 13 heteroatoms. The van der Waals surface area contributed by atoms with E-state index in [2.05, 4.69) is 31.9 Å². The van der Waals surface area contributed by atoms with E-state index in [1.165, 1.54) is 6.07 Å². The Hall–Kier alpha value is -2.51. The summed E-state index contributed by atoms with van der Waals surface area (Å²) < 4.78 is 78.4. The first kappa shape index (κ1) is 23.2. The van der Waals surface area contributed by atoms with E-state index in [0.717, 1.165) is 0 Å². The molecule has 1 heterocycles. The van der Waals surface area contributed by atoms with Crippen molar-refractivity contribution < 1.29 is 41.4 Å². The second-order valence-corrected chi connectivity index (χ2v) is 7.56. The van der Waals surface area contributed by atoms with Gasteiger partial charge in [0.1, 0.15) is 0 Å². The summed E-state index contributed by atoms with van der Waals surface area (Å²) in [5.41, 5.74) is -3.02. The van der Waals surface area contributed by atoms with E-state index in [-0.39, 0.29) is 12.6 Å². The standard InChI is InChI=1S/C18H14BrF6N3O3/c19-11-3-8(13-12(5-11)27-15(30)16(31)28-13)6-26-14(29)7-1-9(17(20,21)22)4-10(2-7)18(23,24)25/h1-5,15-16,27-28,30-31H,6H2,(H,26,29). The van der Waals surface area contributed by atoms with E-state index in [0.29, 0.717) is 33.5 Å². The molecular weight excluding hydrogens is 500 g/mol. The van der Waals surface area contributed by atoms with Crippen LogP contribution in [0.2, 0.25) is 0 Å². The van der Waals surface area contributed by atoms with Gasteiger partial charge in [0, 0.05) is 16.6 Å². The van der Waals surface area contributed by atoms with Crippen LogP contribution >= 0.6 is 15.9 Å². The van der Waals surface area contributed by atoms with Crippen LogP contribution in [0.15, 0.2) is 34.8 Å². The van der Waals surface area contributed by atoms with Gasteiger partial charge in [-0.15, -0.1) is 0 Å². The number of hydrogen-bond donors (Lipinski definition) is 5. The summed E-state index contributed by atoms with van der Waals surface area (Å²) in [5.74, 6) is -1.16. The third kappa shape index (κ3) is 5.22. The van der Waals surface area contributed by atoms with E-state index in [1.807, 2.05) is 0 Å². The van der Waals surface area contributed by atoms with Crippen LogP contribution in [-0.4, -0.2) is 28.6 Å². The number of anilines is 2. The molecule has 6 nitrogen and oxygen atoms in total. The minimum Gasteiger partial charge on any atom is -0.369 e. The molecular formula is C18H14BrF6N3O3. The van der Waals surface area contributed by atoms with Gasteiger partial charge in [0.15, 0.2) is 12.5 Å². The maximum atomic E-state index is 13.0. The first-order valence-corrected chi connectivity index (χ1v) is 9.34. The lowest BCUT2D eigenvalue weighted by atomic mass is 10.0. The number of hydrogen-bond acceptors (Lipinski definition) is 5. The molecule has 0 spiro atoms. The lowest BCUT2D eigenvalue weighted by molar-refractivity contribution is -0.143. The lowest BCUT2D eigenvalue weighted by Gasteiger charge is -2.31. The van der Waals surface area contributed by atoms with E-state index >= 15 is 0 Å². The Morgan fingerprint density at radius 2 is 1.48 bits per heavy atom. The fourth-order valence-electron chi connectivity index (χ4n) is 2.92. The summed E-state index contributed by atoms with van der Waals surface area (Å²) in [4.78, 5) is 12.4. The second-order valence-electron chi connectivity index (χ2n) is 6.64. The van der Waals surface area contributed by atoms with E-state index < -0.39 is 47.4 Å². The minimum atomic E-state index is -5.08. The first-order chi connectivity index (χ1) is 14.3. The lowest BCUT2D eigenvalue weighted by Crippen LogP contribution is -2.43. The maximum absolute atomic E-state index is 13.0. The van der Waals surface area contributed by atoms with Crippen LogP contribution in [0.3, 0.4) is 0 Å². The van der Waals surface area contributed by atoms with Crippen molar-refractivity contribution in [3.63, 3.8) is 0 Å². The first-order valence-electron chi connectivity index (χ1n) is 8.55. The Kier molecular flexibility index (Phi) is 6.13. The highest BCUT2D eigenvalue weighted by Gasteiger charge is 2.37. The summed E-state index contributed by atoms with van der Waals surface area (Å²) in [7, 11) is 0. The predicted molar refractivity (Wildman–Crippen MR) is 101 cm³/mol. The highest BCUT2D eigenvalue weighted by Crippen LogP contribution is 2.37. The van der Waals surface area contributed by atoms with Crippen molar-refractivity contribution in [2.75, 3.05) is 10.6 Å². The van der Waals surface area contributed by atoms with Gasteiger partial charge in [-0.1, -0.05) is 15.9 Å². The maximum Gasteiger partial charge on any atom is 0.416 e. The van der Waals surface area contributed by atoms with Crippen LogP contribution < -0.4 is 16.0 Å². The second kappa shape index (κ2) is 8.20. The fraction of sp³-hybridized carbons (Fsp3) is 0.278. The summed E-state index contributed by atoms with van der Waals surface area (Å²) in [6, 6.07) is 3.68. The molecule has 0 saturated heterocycles. The van der Waals surface area contributed by atoms with Crippen LogP contribution in [0.5, 0.6) is 0 Å². The number of rotatable bonds is 3.